The average molecular weight is 310 g/mol. The molecule has 5 nitrogen and oxygen atoms in total. The molecule has 2 amide bonds. The van der Waals surface area contributed by atoms with E-state index in [0.29, 0.717) is 19.1 Å². The molecule has 0 aromatic carbocycles. The van der Waals surface area contributed by atoms with Crippen molar-refractivity contribution in [1.82, 2.24) is 10.2 Å². The Kier molecular flexibility index (Phi) is 5.70. The number of rotatable bonds is 2. The van der Waals surface area contributed by atoms with E-state index in [1.165, 1.54) is 19.3 Å². The van der Waals surface area contributed by atoms with E-state index in [9.17, 15) is 9.59 Å². The number of carbonyl (C=O) groups excluding carboxylic acids is 2. The van der Waals surface area contributed by atoms with E-state index < -0.39 is 5.60 Å². The van der Waals surface area contributed by atoms with E-state index in [1.54, 1.807) is 4.90 Å². The summed E-state index contributed by atoms with van der Waals surface area (Å²) in [5, 5.41) is 3.18. The van der Waals surface area contributed by atoms with Crippen LogP contribution in [0.15, 0.2) is 0 Å². The number of hydrogen-bond acceptors (Lipinski definition) is 3. The Labute approximate surface area is 133 Å². The lowest BCUT2D eigenvalue weighted by Crippen LogP contribution is -2.48. The second-order valence-corrected chi connectivity index (χ2v) is 7.61. The summed E-state index contributed by atoms with van der Waals surface area (Å²) in [5.41, 5.74) is -0.492. The first-order valence-electron chi connectivity index (χ1n) is 8.63. The van der Waals surface area contributed by atoms with E-state index in [2.05, 4.69) is 5.32 Å². The van der Waals surface area contributed by atoms with E-state index in [-0.39, 0.29) is 17.9 Å². The maximum Gasteiger partial charge on any atom is 0.410 e. The van der Waals surface area contributed by atoms with Gasteiger partial charge in [0.25, 0.3) is 0 Å². The summed E-state index contributed by atoms with van der Waals surface area (Å²) in [6.45, 7) is 6.75. The monoisotopic (exact) mass is 310 g/mol. The molecule has 126 valence electrons. The third kappa shape index (κ3) is 5.18. The zero-order valence-corrected chi connectivity index (χ0v) is 14.2. The van der Waals surface area contributed by atoms with Crippen LogP contribution in [0.4, 0.5) is 4.79 Å². The van der Waals surface area contributed by atoms with Crippen LogP contribution in [0, 0.1) is 5.92 Å². The molecular weight excluding hydrogens is 280 g/mol. The number of nitrogens with zero attached hydrogens (tertiary/aromatic N) is 1. The normalized spacial score (nSPS) is 24.0. The minimum absolute atomic E-state index is 0.0943. The van der Waals surface area contributed by atoms with E-state index in [4.69, 9.17) is 4.74 Å². The fourth-order valence-corrected chi connectivity index (χ4v) is 3.25. The zero-order chi connectivity index (χ0) is 16.2. The number of amides is 2. The molecule has 1 aliphatic heterocycles. The molecule has 0 aromatic heterocycles. The predicted molar refractivity (Wildman–Crippen MR) is 85.5 cm³/mol. The van der Waals surface area contributed by atoms with E-state index >= 15 is 0 Å². The number of ether oxygens (including phenoxy) is 1. The summed E-state index contributed by atoms with van der Waals surface area (Å²) < 4.78 is 5.41. The first-order chi connectivity index (χ1) is 10.3. The molecule has 5 heteroatoms. The summed E-state index contributed by atoms with van der Waals surface area (Å²) in [6, 6.07) is 0.332. The van der Waals surface area contributed by atoms with Gasteiger partial charge in [-0.05, 0) is 46.5 Å². The number of nitrogens with one attached hydrogen (secondary N) is 1. The zero-order valence-electron chi connectivity index (χ0n) is 14.2. The number of carbonyl (C=O) groups is 2. The van der Waals surface area contributed by atoms with Crippen LogP contribution >= 0.6 is 0 Å². The lowest BCUT2D eigenvalue weighted by molar-refractivity contribution is -0.127. The van der Waals surface area contributed by atoms with E-state index in [1.807, 2.05) is 20.8 Å². The molecule has 0 radical (unpaired) electrons. The smallest absolute Gasteiger partial charge is 0.410 e. The van der Waals surface area contributed by atoms with Gasteiger partial charge >= 0.3 is 6.09 Å². The van der Waals surface area contributed by atoms with Gasteiger partial charge in [0.15, 0.2) is 0 Å². The first kappa shape index (κ1) is 17.1. The van der Waals surface area contributed by atoms with Crippen molar-refractivity contribution >= 4 is 12.0 Å². The molecule has 1 heterocycles. The fourth-order valence-electron chi connectivity index (χ4n) is 3.25. The largest absolute Gasteiger partial charge is 0.444 e. The van der Waals surface area contributed by atoms with Crippen molar-refractivity contribution in [3.8, 4) is 0 Å². The highest BCUT2D eigenvalue weighted by Crippen LogP contribution is 2.22. The molecule has 0 aromatic rings. The lowest BCUT2D eigenvalue weighted by atomic mass is 9.93. The van der Waals surface area contributed by atoms with Gasteiger partial charge in [0.1, 0.15) is 5.60 Å². The van der Waals surface area contributed by atoms with Crippen molar-refractivity contribution in [3.05, 3.63) is 0 Å². The Morgan fingerprint density at radius 2 is 1.73 bits per heavy atom. The topological polar surface area (TPSA) is 58.6 Å². The fraction of sp³-hybridized carbons (Fsp3) is 0.882. The van der Waals surface area contributed by atoms with Crippen molar-refractivity contribution in [2.45, 2.75) is 77.4 Å². The first-order valence-corrected chi connectivity index (χ1v) is 8.63. The van der Waals surface area contributed by atoms with Crippen LogP contribution in [0.2, 0.25) is 0 Å². The van der Waals surface area contributed by atoms with Crippen LogP contribution in [0.3, 0.4) is 0 Å². The van der Waals surface area contributed by atoms with Crippen molar-refractivity contribution in [3.63, 3.8) is 0 Å². The highest BCUT2D eigenvalue weighted by molar-refractivity contribution is 5.80. The molecular formula is C17H30N2O3. The summed E-state index contributed by atoms with van der Waals surface area (Å²) in [6.07, 6.45) is 7.30. The van der Waals surface area contributed by atoms with Gasteiger partial charge in [-0.15, -0.1) is 0 Å². The maximum absolute atomic E-state index is 12.4. The molecule has 0 bridgehead atoms. The molecule has 2 fully saturated rings. The minimum atomic E-state index is -0.492. The molecule has 1 aliphatic carbocycles. The maximum atomic E-state index is 12.4. The summed E-state index contributed by atoms with van der Waals surface area (Å²) >= 11 is 0. The Balaban J connectivity index is 1.84. The third-order valence-corrected chi connectivity index (χ3v) is 4.40. The Morgan fingerprint density at radius 1 is 1.05 bits per heavy atom. The molecule has 1 N–H and O–H groups in total. The van der Waals surface area contributed by atoms with Crippen LogP contribution in [-0.2, 0) is 9.53 Å². The molecule has 0 spiro atoms. The molecule has 2 rings (SSSR count). The van der Waals surface area contributed by atoms with Gasteiger partial charge in [-0.3, -0.25) is 4.79 Å². The van der Waals surface area contributed by atoms with Gasteiger partial charge in [0.2, 0.25) is 5.91 Å². The second kappa shape index (κ2) is 7.34. The van der Waals surface area contributed by atoms with Crippen molar-refractivity contribution in [1.29, 1.82) is 0 Å². The van der Waals surface area contributed by atoms with E-state index in [0.717, 1.165) is 25.7 Å². The quantitative estimate of drug-likeness (QED) is 0.852. The Hall–Kier alpha value is -1.26. The summed E-state index contributed by atoms with van der Waals surface area (Å²) in [5.74, 6) is 0.0170. The van der Waals surface area contributed by atoms with Crippen LogP contribution in [0.1, 0.15) is 65.7 Å². The lowest BCUT2D eigenvalue weighted by Gasteiger charge is -2.34. The molecule has 1 saturated carbocycles. The van der Waals surface area contributed by atoms with Crippen LogP contribution in [-0.4, -0.2) is 41.6 Å². The standard InChI is InChI=1S/C17H30N2O3/c1-17(2,3)22-16(21)19-11-7-8-13(12-19)15(20)18-14-9-5-4-6-10-14/h13-14H,4-12H2,1-3H3,(H,18,20). The Bertz CT molecular complexity index is 397. The molecule has 1 unspecified atom stereocenters. The van der Waals surface area contributed by atoms with Crippen LogP contribution in [0.25, 0.3) is 0 Å². The van der Waals surface area contributed by atoms with Gasteiger partial charge in [-0.2, -0.15) is 0 Å². The van der Waals surface area contributed by atoms with Gasteiger partial charge in [-0.1, -0.05) is 19.3 Å². The van der Waals surface area contributed by atoms with Gasteiger partial charge < -0.3 is 15.0 Å². The van der Waals surface area contributed by atoms with Gasteiger partial charge in [0.05, 0.1) is 5.92 Å². The predicted octanol–water partition coefficient (Wildman–Crippen LogP) is 3.08. The summed E-state index contributed by atoms with van der Waals surface area (Å²) in [4.78, 5) is 26.3. The number of likely N-dealkylation sites (tertiary alicyclic amines) is 1. The highest BCUT2D eigenvalue weighted by atomic mass is 16.6. The number of piperidine rings is 1. The molecule has 2 aliphatic rings. The summed E-state index contributed by atoms with van der Waals surface area (Å²) in [7, 11) is 0. The van der Waals surface area contributed by atoms with Crippen molar-refractivity contribution < 1.29 is 14.3 Å². The minimum Gasteiger partial charge on any atom is -0.444 e. The third-order valence-electron chi connectivity index (χ3n) is 4.40. The van der Waals surface area contributed by atoms with Crippen molar-refractivity contribution in [2.24, 2.45) is 5.92 Å². The average Bonchev–Trinajstić information content (AvgIpc) is 2.46. The van der Waals surface area contributed by atoms with Crippen LogP contribution in [0.5, 0.6) is 0 Å². The van der Waals surface area contributed by atoms with Gasteiger partial charge in [-0.25, -0.2) is 4.79 Å². The molecule has 22 heavy (non-hydrogen) atoms. The molecule has 1 saturated heterocycles. The second-order valence-electron chi connectivity index (χ2n) is 7.61. The van der Waals surface area contributed by atoms with Gasteiger partial charge in [0, 0.05) is 19.1 Å². The van der Waals surface area contributed by atoms with Crippen LogP contribution < -0.4 is 5.32 Å². The number of hydrogen-bond donors (Lipinski definition) is 1. The Morgan fingerprint density at radius 3 is 2.36 bits per heavy atom. The SMILES string of the molecule is CC(C)(C)OC(=O)N1CCCC(C(=O)NC2CCCCC2)C1. The molecule has 1 atom stereocenters. The highest BCUT2D eigenvalue weighted by Gasteiger charge is 2.31. The van der Waals surface area contributed by atoms with Crippen molar-refractivity contribution in [2.75, 3.05) is 13.1 Å².